The van der Waals surface area contributed by atoms with E-state index in [9.17, 15) is 9.90 Å². The van der Waals surface area contributed by atoms with Crippen molar-refractivity contribution in [2.45, 2.75) is 51.5 Å². The SMILES string of the molecule is CC(C)n1c(CCC(=O)O)c(-c2cc(C3CC3)on2)c2c(Cl)ncnc21. The van der Waals surface area contributed by atoms with Crippen LogP contribution in [0.3, 0.4) is 0 Å². The standard InChI is InChI=1S/C18H19ClN4O3/c1-9(2)23-12(5-6-14(24)25)15(16-17(19)20-8-21-18(16)23)11-7-13(26-22-11)10-3-4-10/h7-10H,3-6H2,1-2H3,(H,24,25). The molecule has 1 fully saturated rings. The lowest BCUT2D eigenvalue weighted by atomic mass is 10.1. The molecular formula is C18H19ClN4O3. The zero-order chi connectivity index (χ0) is 18.4. The van der Waals surface area contributed by atoms with Crippen molar-refractivity contribution < 1.29 is 14.4 Å². The summed E-state index contributed by atoms with van der Waals surface area (Å²) in [5.41, 5.74) is 2.96. The van der Waals surface area contributed by atoms with E-state index in [0.29, 0.717) is 34.2 Å². The molecule has 8 heteroatoms. The normalized spacial score (nSPS) is 14.5. The molecule has 1 saturated carbocycles. The van der Waals surface area contributed by atoms with E-state index in [4.69, 9.17) is 16.1 Å². The van der Waals surface area contributed by atoms with Gasteiger partial charge < -0.3 is 14.2 Å². The first-order valence-corrected chi connectivity index (χ1v) is 9.07. The Morgan fingerprint density at radius 3 is 2.85 bits per heavy atom. The zero-order valence-corrected chi connectivity index (χ0v) is 15.3. The molecule has 0 amide bonds. The lowest BCUT2D eigenvalue weighted by molar-refractivity contribution is -0.136. The van der Waals surface area contributed by atoms with Gasteiger partial charge in [-0.3, -0.25) is 4.79 Å². The van der Waals surface area contributed by atoms with E-state index in [1.54, 1.807) is 0 Å². The maximum absolute atomic E-state index is 11.2. The fourth-order valence-electron chi connectivity index (χ4n) is 3.42. The van der Waals surface area contributed by atoms with Gasteiger partial charge in [0.1, 0.15) is 28.6 Å². The fraction of sp³-hybridized carbons (Fsp3) is 0.444. The lowest BCUT2D eigenvalue weighted by Crippen LogP contribution is -2.09. The van der Waals surface area contributed by atoms with Gasteiger partial charge in [-0.05, 0) is 33.1 Å². The van der Waals surface area contributed by atoms with Gasteiger partial charge in [-0.2, -0.15) is 0 Å². The highest BCUT2D eigenvalue weighted by atomic mass is 35.5. The number of nitrogens with zero attached hydrogens (tertiary/aromatic N) is 4. The topological polar surface area (TPSA) is 94.0 Å². The Bertz CT molecular complexity index is 988. The minimum Gasteiger partial charge on any atom is -0.481 e. The molecule has 7 nitrogen and oxygen atoms in total. The van der Waals surface area contributed by atoms with Gasteiger partial charge in [-0.1, -0.05) is 16.8 Å². The van der Waals surface area contributed by atoms with Crippen LogP contribution in [0.5, 0.6) is 0 Å². The average Bonchev–Trinajstić information content (AvgIpc) is 3.21. The first-order chi connectivity index (χ1) is 12.5. The quantitative estimate of drug-likeness (QED) is 0.649. The third kappa shape index (κ3) is 2.86. The maximum atomic E-state index is 11.2. The van der Waals surface area contributed by atoms with Crippen LogP contribution in [-0.4, -0.2) is 30.8 Å². The Labute approximate surface area is 155 Å². The average molecular weight is 375 g/mol. The van der Waals surface area contributed by atoms with Crippen LogP contribution in [0, 0.1) is 0 Å². The van der Waals surface area contributed by atoms with E-state index in [0.717, 1.165) is 29.9 Å². The fourth-order valence-corrected chi connectivity index (χ4v) is 3.64. The van der Waals surface area contributed by atoms with Crippen LogP contribution in [-0.2, 0) is 11.2 Å². The summed E-state index contributed by atoms with van der Waals surface area (Å²) in [6.45, 7) is 4.06. The number of hydrogen-bond donors (Lipinski definition) is 1. The number of rotatable bonds is 6. The zero-order valence-electron chi connectivity index (χ0n) is 14.6. The molecule has 4 rings (SSSR count). The van der Waals surface area contributed by atoms with E-state index < -0.39 is 5.97 Å². The summed E-state index contributed by atoms with van der Waals surface area (Å²) in [5, 5.41) is 14.5. The summed E-state index contributed by atoms with van der Waals surface area (Å²) in [6, 6.07) is 2.01. The molecule has 1 N–H and O–H groups in total. The van der Waals surface area contributed by atoms with Crippen LogP contribution in [0.1, 0.15) is 56.5 Å². The number of aliphatic carboxylic acids is 1. The molecule has 0 saturated heterocycles. The first-order valence-electron chi connectivity index (χ1n) is 8.69. The Morgan fingerprint density at radius 2 is 2.19 bits per heavy atom. The number of hydrogen-bond acceptors (Lipinski definition) is 5. The van der Waals surface area contributed by atoms with Crippen LogP contribution in [0.2, 0.25) is 5.15 Å². The molecule has 0 radical (unpaired) electrons. The number of fused-ring (bicyclic) bond motifs is 1. The van der Waals surface area contributed by atoms with Crippen molar-refractivity contribution in [3.8, 4) is 11.3 Å². The van der Waals surface area contributed by atoms with Crippen LogP contribution in [0.15, 0.2) is 16.9 Å². The highest BCUT2D eigenvalue weighted by Crippen LogP contribution is 2.44. The van der Waals surface area contributed by atoms with E-state index in [2.05, 4.69) is 15.1 Å². The van der Waals surface area contributed by atoms with Crippen LogP contribution < -0.4 is 0 Å². The van der Waals surface area contributed by atoms with Crippen molar-refractivity contribution in [1.29, 1.82) is 0 Å². The molecule has 0 unspecified atom stereocenters. The van der Waals surface area contributed by atoms with Gasteiger partial charge >= 0.3 is 5.97 Å². The number of carbonyl (C=O) groups is 1. The third-order valence-electron chi connectivity index (χ3n) is 4.69. The molecule has 0 aliphatic heterocycles. The Balaban J connectivity index is 1.97. The van der Waals surface area contributed by atoms with Crippen molar-refractivity contribution in [1.82, 2.24) is 19.7 Å². The summed E-state index contributed by atoms with van der Waals surface area (Å²) in [4.78, 5) is 19.7. The van der Waals surface area contributed by atoms with Crippen molar-refractivity contribution >= 4 is 28.6 Å². The Morgan fingerprint density at radius 1 is 1.42 bits per heavy atom. The number of aromatic nitrogens is 4. The number of carboxylic acids is 1. The smallest absolute Gasteiger partial charge is 0.303 e. The van der Waals surface area contributed by atoms with E-state index in [1.807, 2.05) is 24.5 Å². The molecule has 0 aromatic carbocycles. The minimum absolute atomic E-state index is 0.00836. The molecule has 3 heterocycles. The summed E-state index contributed by atoms with van der Waals surface area (Å²) >= 11 is 6.41. The molecule has 0 atom stereocenters. The predicted octanol–water partition coefficient (Wildman–Crippen LogP) is 4.22. The predicted molar refractivity (Wildman–Crippen MR) is 96.4 cm³/mol. The summed E-state index contributed by atoms with van der Waals surface area (Å²) < 4.78 is 7.54. The molecule has 26 heavy (non-hydrogen) atoms. The molecule has 0 spiro atoms. The summed E-state index contributed by atoms with van der Waals surface area (Å²) in [7, 11) is 0. The molecule has 1 aliphatic carbocycles. The second kappa shape index (κ2) is 6.39. The Hall–Kier alpha value is -2.41. The van der Waals surface area contributed by atoms with Crippen molar-refractivity contribution in [2.24, 2.45) is 0 Å². The van der Waals surface area contributed by atoms with Gasteiger partial charge in [0.25, 0.3) is 0 Å². The van der Waals surface area contributed by atoms with Crippen LogP contribution in [0.4, 0.5) is 0 Å². The maximum Gasteiger partial charge on any atom is 0.303 e. The second-order valence-corrected chi connectivity index (χ2v) is 7.29. The number of carboxylic acid groups (broad SMARTS) is 1. The van der Waals surface area contributed by atoms with Crippen molar-refractivity contribution in [2.75, 3.05) is 0 Å². The molecule has 3 aromatic rings. The minimum atomic E-state index is -0.854. The van der Waals surface area contributed by atoms with Gasteiger partial charge in [0.05, 0.1) is 11.8 Å². The Kier molecular flexibility index (Phi) is 4.19. The van der Waals surface area contributed by atoms with Gasteiger partial charge in [-0.25, -0.2) is 9.97 Å². The summed E-state index contributed by atoms with van der Waals surface area (Å²) in [6.07, 6.45) is 4.00. The summed E-state index contributed by atoms with van der Waals surface area (Å²) in [5.74, 6) is 0.444. The van der Waals surface area contributed by atoms with E-state index >= 15 is 0 Å². The largest absolute Gasteiger partial charge is 0.481 e. The lowest BCUT2D eigenvalue weighted by Gasteiger charge is -2.14. The van der Waals surface area contributed by atoms with Crippen molar-refractivity contribution in [3.63, 3.8) is 0 Å². The van der Waals surface area contributed by atoms with Gasteiger partial charge in [0, 0.05) is 29.3 Å². The van der Waals surface area contributed by atoms with Crippen molar-refractivity contribution in [3.05, 3.63) is 29.0 Å². The van der Waals surface area contributed by atoms with E-state index in [-0.39, 0.29) is 12.5 Å². The molecular weight excluding hydrogens is 356 g/mol. The molecule has 3 aromatic heterocycles. The van der Waals surface area contributed by atoms with Crippen LogP contribution in [0.25, 0.3) is 22.3 Å². The highest BCUT2D eigenvalue weighted by molar-refractivity contribution is 6.35. The monoisotopic (exact) mass is 374 g/mol. The van der Waals surface area contributed by atoms with Crippen LogP contribution >= 0.6 is 11.6 Å². The first kappa shape index (κ1) is 17.0. The molecule has 136 valence electrons. The van der Waals surface area contributed by atoms with Gasteiger partial charge in [0.2, 0.25) is 0 Å². The number of halogens is 1. The van der Waals surface area contributed by atoms with E-state index in [1.165, 1.54) is 6.33 Å². The third-order valence-corrected chi connectivity index (χ3v) is 4.98. The molecule has 0 bridgehead atoms. The van der Waals surface area contributed by atoms with Gasteiger partial charge in [-0.15, -0.1) is 0 Å². The second-order valence-electron chi connectivity index (χ2n) is 6.93. The highest BCUT2D eigenvalue weighted by Gasteiger charge is 2.30. The molecule has 1 aliphatic rings. The van der Waals surface area contributed by atoms with Gasteiger partial charge in [0.15, 0.2) is 0 Å².